The van der Waals surface area contributed by atoms with Gasteiger partial charge in [0.05, 0.1) is 41.2 Å². The first-order chi connectivity index (χ1) is 11.5. The molecule has 0 fully saturated rings. The van der Waals surface area contributed by atoms with E-state index < -0.39 is 0 Å². The van der Waals surface area contributed by atoms with Crippen LogP contribution in [-0.4, -0.2) is 16.7 Å². The first kappa shape index (κ1) is 16.3. The summed E-state index contributed by atoms with van der Waals surface area (Å²) in [5.74, 6) is 0.384. The maximum atomic E-state index is 12.8. The lowest BCUT2D eigenvalue weighted by molar-refractivity contribution is 0.415. The zero-order chi connectivity index (χ0) is 17.3. The van der Waals surface area contributed by atoms with E-state index in [4.69, 9.17) is 27.9 Å². The molecule has 0 bridgehead atoms. The number of nitriles is 1. The smallest absolute Gasteiger partial charge is 0.262 e. The summed E-state index contributed by atoms with van der Waals surface area (Å²) in [6.07, 6.45) is 0. The highest BCUT2D eigenvalue weighted by Crippen LogP contribution is 2.28. The maximum Gasteiger partial charge on any atom is 0.262 e. The Kier molecular flexibility index (Phi) is 4.43. The number of fused-ring (bicyclic) bond motifs is 1. The lowest BCUT2D eigenvalue weighted by atomic mass is 10.1. The summed E-state index contributed by atoms with van der Waals surface area (Å²) in [6.45, 7) is 0.148. The van der Waals surface area contributed by atoms with E-state index in [2.05, 4.69) is 11.1 Å². The van der Waals surface area contributed by atoms with E-state index in [1.54, 1.807) is 24.3 Å². The van der Waals surface area contributed by atoms with Gasteiger partial charge in [0.2, 0.25) is 5.28 Å². The Morgan fingerprint density at radius 3 is 2.75 bits per heavy atom. The highest BCUT2D eigenvalue weighted by molar-refractivity contribution is 6.33. The van der Waals surface area contributed by atoms with Crippen LogP contribution in [0.4, 0.5) is 0 Å². The Morgan fingerprint density at radius 2 is 2.04 bits per heavy atom. The van der Waals surface area contributed by atoms with Crippen molar-refractivity contribution in [2.24, 2.45) is 0 Å². The summed E-state index contributed by atoms with van der Waals surface area (Å²) in [6, 6.07) is 12.2. The largest absolute Gasteiger partial charge is 0.495 e. The van der Waals surface area contributed by atoms with Gasteiger partial charge in [0, 0.05) is 0 Å². The number of halogens is 2. The van der Waals surface area contributed by atoms with Crippen molar-refractivity contribution in [3.8, 4) is 11.8 Å². The van der Waals surface area contributed by atoms with Crippen LogP contribution in [0.2, 0.25) is 10.3 Å². The van der Waals surface area contributed by atoms with Gasteiger partial charge in [-0.15, -0.1) is 0 Å². The normalized spacial score (nSPS) is 10.6. The number of hydrogen-bond acceptors (Lipinski definition) is 4. The number of benzene rings is 2. The quantitative estimate of drug-likeness (QED) is 0.669. The molecule has 24 heavy (non-hydrogen) atoms. The van der Waals surface area contributed by atoms with Gasteiger partial charge in [-0.25, -0.2) is 4.98 Å². The molecule has 0 spiro atoms. The molecule has 0 amide bonds. The van der Waals surface area contributed by atoms with E-state index in [0.717, 1.165) is 0 Å². The second-order valence-corrected chi connectivity index (χ2v) is 5.79. The van der Waals surface area contributed by atoms with E-state index >= 15 is 0 Å². The molecule has 5 nitrogen and oxygen atoms in total. The molecule has 1 heterocycles. The van der Waals surface area contributed by atoms with Crippen LogP contribution in [0, 0.1) is 11.3 Å². The van der Waals surface area contributed by atoms with Gasteiger partial charge in [-0.05, 0) is 35.4 Å². The van der Waals surface area contributed by atoms with Crippen molar-refractivity contribution in [2.75, 3.05) is 7.11 Å². The predicted octanol–water partition coefficient (Wildman–Crippen LogP) is 3.63. The molecule has 0 unspecified atom stereocenters. The second-order valence-electron chi connectivity index (χ2n) is 5.04. The van der Waals surface area contributed by atoms with Gasteiger partial charge < -0.3 is 4.74 Å². The molecular formula is C17H11Cl2N3O2. The fraction of sp³-hybridized carbons (Fsp3) is 0.118. The van der Waals surface area contributed by atoms with Crippen LogP contribution in [0.3, 0.4) is 0 Å². The van der Waals surface area contributed by atoms with E-state index in [9.17, 15) is 10.1 Å². The van der Waals surface area contributed by atoms with Crippen molar-refractivity contribution in [1.82, 2.24) is 9.55 Å². The minimum absolute atomic E-state index is 0.0291. The van der Waals surface area contributed by atoms with Crippen molar-refractivity contribution in [2.45, 2.75) is 6.54 Å². The van der Waals surface area contributed by atoms with Gasteiger partial charge >= 0.3 is 0 Å². The number of aromatic nitrogens is 2. The summed E-state index contributed by atoms with van der Waals surface area (Å²) in [7, 11) is 1.47. The van der Waals surface area contributed by atoms with Crippen molar-refractivity contribution in [1.29, 1.82) is 5.26 Å². The van der Waals surface area contributed by atoms with E-state index in [0.29, 0.717) is 32.8 Å². The molecule has 3 aromatic rings. The van der Waals surface area contributed by atoms with Crippen molar-refractivity contribution < 1.29 is 4.74 Å². The molecule has 0 aliphatic carbocycles. The van der Waals surface area contributed by atoms with Crippen LogP contribution < -0.4 is 10.3 Å². The second kappa shape index (κ2) is 6.52. The zero-order valence-electron chi connectivity index (χ0n) is 12.6. The molecule has 0 saturated heterocycles. The van der Waals surface area contributed by atoms with Crippen LogP contribution in [0.1, 0.15) is 11.1 Å². The van der Waals surface area contributed by atoms with Gasteiger partial charge in [-0.1, -0.05) is 29.8 Å². The SMILES string of the molecule is COc1cc2c(=O)n(Cc3ccccc3C#N)c(Cl)nc2cc1Cl. The average molecular weight is 360 g/mol. The summed E-state index contributed by atoms with van der Waals surface area (Å²) >= 11 is 12.2. The van der Waals surface area contributed by atoms with Gasteiger partial charge in [-0.2, -0.15) is 5.26 Å². The topological polar surface area (TPSA) is 67.9 Å². The highest BCUT2D eigenvalue weighted by Gasteiger charge is 2.14. The third-order valence-electron chi connectivity index (χ3n) is 3.65. The lowest BCUT2D eigenvalue weighted by Gasteiger charge is -2.11. The number of rotatable bonds is 3. The van der Waals surface area contributed by atoms with E-state index in [1.807, 2.05) is 0 Å². The molecule has 0 aliphatic rings. The Bertz CT molecular complexity index is 1040. The molecule has 120 valence electrons. The van der Waals surface area contributed by atoms with Crippen molar-refractivity contribution >= 4 is 34.1 Å². The molecular weight excluding hydrogens is 349 g/mol. The fourth-order valence-electron chi connectivity index (χ4n) is 2.43. The zero-order valence-corrected chi connectivity index (χ0v) is 14.1. The van der Waals surface area contributed by atoms with Crippen LogP contribution in [-0.2, 0) is 6.54 Å². The molecule has 2 aromatic carbocycles. The summed E-state index contributed by atoms with van der Waals surface area (Å²) < 4.78 is 6.46. The highest BCUT2D eigenvalue weighted by atomic mass is 35.5. The molecule has 0 atom stereocenters. The Labute approximate surface area is 147 Å². The molecule has 3 rings (SSSR count). The Morgan fingerprint density at radius 1 is 1.29 bits per heavy atom. The van der Waals surface area contributed by atoms with Gasteiger partial charge in [-0.3, -0.25) is 9.36 Å². The Balaban J connectivity index is 2.20. The maximum absolute atomic E-state index is 12.8. The molecule has 0 radical (unpaired) electrons. The third kappa shape index (κ3) is 2.82. The summed E-state index contributed by atoms with van der Waals surface area (Å²) in [5, 5.41) is 9.91. The predicted molar refractivity (Wildman–Crippen MR) is 92.8 cm³/mol. The molecule has 0 N–H and O–H groups in total. The minimum Gasteiger partial charge on any atom is -0.495 e. The summed E-state index contributed by atoms with van der Waals surface area (Å²) in [5.41, 5.74) is 1.23. The van der Waals surface area contributed by atoms with Gasteiger partial charge in [0.15, 0.2) is 0 Å². The third-order valence-corrected chi connectivity index (χ3v) is 4.23. The molecule has 7 heteroatoms. The van der Waals surface area contributed by atoms with Gasteiger partial charge in [0.1, 0.15) is 5.75 Å². The monoisotopic (exact) mass is 359 g/mol. The van der Waals surface area contributed by atoms with E-state index in [-0.39, 0.29) is 17.4 Å². The van der Waals surface area contributed by atoms with Crippen LogP contribution in [0.15, 0.2) is 41.2 Å². The average Bonchev–Trinajstić information content (AvgIpc) is 2.58. The summed E-state index contributed by atoms with van der Waals surface area (Å²) in [4.78, 5) is 17.0. The number of hydrogen-bond donors (Lipinski definition) is 0. The molecule has 0 aliphatic heterocycles. The number of nitrogens with zero attached hydrogens (tertiary/aromatic N) is 3. The number of ether oxygens (including phenoxy) is 1. The standard InChI is InChI=1S/C17H11Cl2N3O2/c1-24-15-6-12-14(7-13(15)18)21-17(19)22(16(12)23)9-11-5-3-2-4-10(11)8-20/h2-7H,9H2,1H3. The first-order valence-corrected chi connectivity index (χ1v) is 7.72. The van der Waals surface area contributed by atoms with E-state index in [1.165, 1.54) is 23.8 Å². The molecule has 0 saturated carbocycles. The van der Waals surface area contributed by atoms with Crippen LogP contribution in [0.25, 0.3) is 10.9 Å². The van der Waals surface area contributed by atoms with Crippen molar-refractivity contribution in [3.05, 3.63) is 68.2 Å². The lowest BCUT2D eigenvalue weighted by Crippen LogP contribution is -2.23. The first-order valence-electron chi connectivity index (χ1n) is 6.96. The minimum atomic E-state index is -0.326. The van der Waals surface area contributed by atoms with Gasteiger partial charge in [0.25, 0.3) is 5.56 Å². The Hall–Kier alpha value is -2.55. The fourth-order valence-corrected chi connectivity index (χ4v) is 2.89. The molecule has 1 aromatic heterocycles. The van der Waals surface area contributed by atoms with Crippen LogP contribution in [0.5, 0.6) is 5.75 Å². The van der Waals surface area contributed by atoms with Crippen molar-refractivity contribution in [3.63, 3.8) is 0 Å². The van der Waals surface area contributed by atoms with Crippen LogP contribution >= 0.6 is 23.2 Å². The number of methoxy groups -OCH3 is 1.